The fourth-order valence-corrected chi connectivity index (χ4v) is 2.00. The fraction of sp³-hybridized carbons (Fsp3) is 0.294. The molecule has 0 spiro atoms. The summed E-state index contributed by atoms with van der Waals surface area (Å²) in [7, 11) is 0. The smallest absolute Gasteiger partial charge is 0.335 e. The molecular formula is C17H20N4O3. The molecule has 0 bridgehead atoms. The number of nitrogens with zero attached hydrogens (tertiary/aromatic N) is 2. The van der Waals surface area contributed by atoms with E-state index in [0.29, 0.717) is 18.8 Å². The van der Waals surface area contributed by atoms with Crippen LogP contribution in [0.2, 0.25) is 0 Å². The largest absolute Gasteiger partial charge is 0.478 e. The topological polar surface area (TPSA) is 104 Å². The third kappa shape index (κ3) is 5.35. The Kier molecular flexibility index (Phi) is 6.24. The minimum absolute atomic E-state index is 0.0988. The fourth-order valence-electron chi connectivity index (χ4n) is 2.00. The number of carbonyl (C=O) groups is 2. The van der Waals surface area contributed by atoms with Gasteiger partial charge in [-0.05, 0) is 30.2 Å². The standard InChI is InChI=1S/C17H20N4O3/c1-2-3-4-15(22)21-17-18-10-9-14(20-17)19-11-12-5-7-13(8-6-12)16(23)24/h5-10H,2-4,11H2,1H3,(H,23,24)(H2,18,19,20,21,22). The summed E-state index contributed by atoms with van der Waals surface area (Å²) in [5.74, 6) is -0.201. The molecule has 7 heteroatoms. The number of rotatable bonds is 8. The number of unbranched alkanes of at least 4 members (excludes halogenated alkanes) is 1. The highest BCUT2D eigenvalue weighted by Crippen LogP contribution is 2.10. The van der Waals surface area contributed by atoms with Crippen LogP contribution in [0.5, 0.6) is 0 Å². The second kappa shape index (κ2) is 8.61. The number of benzene rings is 1. The van der Waals surface area contributed by atoms with Crippen molar-refractivity contribution in [1.82, 2.24) is 9.97 Å². The van der Waals surface area contributed by atoms with Gasteiger partial charge in [0.05, 0.1) is 5.56 Å². The zero-order valence-corrected chi connectivity index (χ0v) is 13.5. The lowest BCUT2D eigenvalue weighted by Gasteiger charge is -2.08. The lowest BCUT2D eigenvalue weighted by atomic mass is 10.1. The summed E-state index contributed by atoms with van der Waals surface area (Å²) in [5.41, 5.74) is 1.17. The highest BCUT2D eigenvalue weighted by Gasteiger charge is 2.05. The molecule has 0 atom stereocenters. The van der Waals surface area contributed by atoms with Crippen molar-refractivity contribution in [3.8, 4) is 0 Å². The molecule has 1 aromatic heterocycles. The molecule has 2 aromatic rings. The van der Waals surface area contributed by atoms with Crippen LogP contribution < -0.4 is 10.6 Å². The molecule has 1 amide bonds. The molecule has 1 heterocycles. The van der Waals surface area contributed by atoms with Crippen molar-refractivity contribution in [3.63, 3.8) is 0 Å². The van der Waals surface area contributed by atoms with E-state index in [2.05, 4.69) is 20.6 Å². The highest BCUT2D eigenvalue weighted by molar-refractivity contribution is 5.89. The van der Waals surface area contributed by atoms with Gasteiger partial charge in [0, 0.05) is 19.2 Å². The lowest BCUT2D eigenvalue weighted by Crippen LogP contribution is -2.14. The summed E-state index contributed by atoms with van der Waals surface area (Å²) in [6.45, 7) is 2.51. The average Bonchev–Trinajstić information content (AvgIpc) is 2.59. The van der Waals surface area contributed by atoms with E-state index in [1.807, 2.05) is 6.92 Å². The molecule has 2 rings (SSSR count). The Morgan fingerprint density at radius 2 is 1.92 bits per heavy atom. The second-order valence-electron chi connectivity index (χ2n) is 5.27. The van der Waals surface area contributed by atoms with Crippen LogP contribution in [-0.2, 0) is 11.3 Å². The van der Waals surface area contributed by atoms with E-state index >= 15 is 0 Å². The van der Waals surface area contributed by atoms with Gasteiger partial charge in [0.25, 0.3) is 0 Å². The van der Waals surface area contributed by atoms with Crippen LogP contribution in [0.15, 0.2) is 36.5 Å². The Bertz CT molecular complexity index is 701. The van der Waals surface area contributed by atoms with Gasteiger partial charge in [-0.1, -0.05) is 25.5 Å². The molecule has 0 radical (unpaired) electrons. The van der Waals surface area contributed by atoms with Crippen molar-refractivity contribution in [2.24, 2.45) is 0 Å². The van der Waals surface area contributed by atoms with Gasteiger partial charge in [0.15, 0.2) is 0 Å². The predicted octanol–water partition coefficient (Wildman–Crippen LogP) is 2.92. The van der Waals surface area contributed by atoms with Gasteiger partial charge >= 0.3 is 5.97 Å². The van der Waals surface area contributed by atoms with E-state index in [4.69, 9.17) is 5.11 Å². The second-order valence-corrected chi connectivity index (χ2v) is 5.27. The van der Waals surface area contributed by atoms with E-state index in [1.165, 1.54) is 0 Å². The lowest BCUT2D eigenvalue weighted by molar-refractivity contribution is -0.116. The summed E-state index contributed by atoms with van der Waals surface area (Å²) in [4.78, 5) is 30.8. The van der Waals surface area contributed by atoms with Crippen molar-refractivity contribution in [1.29, 1.82) is 0 Å². The number of aromatic carboxylic acids is 1. The van der Waals surface area contributed by atoms with Crippen molar-refractivity contribution in [3.05, 3.63) is 47.7 Å². The first kappa shape index (κ1) is 17.4. The average molecular weight is 328 g/mol. The van der Waals surface area contributed by atoms with E-state index in [9.17, 15) is 9.59 Å². The molecule has 0 fully saturated rings. The van der Waals surface area contributed by atoms with Gasteiger partial charge < -0.3 is 10.4 Å². The van der Waals surface area contributed by atoms with Crippen LogP contribution in [0, 0.1) is 0 Å². The van der Waals surface area contributed by atoms with E-state index in [-0.39, 0.29) is 17.4 Å². The molecule has 7 nitrogen and oxygen atoms in total. The van der Waals surface area contributed by atoms with E-state index in [0.717, 1.165) is 18.4 Å². The van der Waals surface area contributed by atoms with Crippen molar-refractivity contribution >= 4 is 23.6 Å². The molecule has 3 N–H and O–H groups in total. The zero-order valence-electron chi connectivity index (χ0n) is 13.5. The molecule has 0 saturated carbocycles. The van der Waals surface area contributed by atoms with Crippen LogP contribution in [0.3, 0.4) is 0 Å². The Morgan fingerprint density at radius 1 is 1.17 bits per heavy atom. The maximum Gasteiger partial charge on any atom is 0.335 e. The first-order valence-corrected chi connectivity index (χ1v) is 7.77. The minimum Gasteiger partial charge on any atom is -0.478 e. The van der Waals surface area contributed by atoms with Gasteiger partial charge in [-0.25, -0.2) is 9.78 Å². The minimum atomic E-state index is -0.950. The molecular weight excluding hydrogens is 308 g/mol. The molecule has 0 unspecified atom stereocenters. The van der Waals surface area contributed by atoms with Crippen LogP contribution in [0.1, 0.15) is 42.1 Å². The number of carboxylic acid groups (broad SMARTS) is 1. The van der Waals surface area contributed by atoms with Crippen molar-refractivity contribution < 1.29 is 14.7 Å². The Morgan fingerprint density at radius 3 is 2.58 bits per heavy atom. The summed E-state index contributed by atoms with van der Waals surface area (Å²) in [5, 5.41) is 14.7. The number of carbonyl (C=O) groups excluding carboxylic acids is 1. The number of aromatic nitrogens is 2. The molecule has 0 aliphatic rings. The first-order chi connectivity index (χ1) is 11.6. The Labute approximate surface area is 140 Å². The summed E-state index contributed by atoms with van der Waals surface area (Å²) >= 11 is 0. The maximum atomic E-state index is 11.7. The summed E-state index contributed by atoms with van der Waals surface area (Å²) in [6, 6.07) is 8.29. The number of anilines is 2. The molecule has 1 aromatic carbocycles. The van der Waals surface area contributed by atoms with Crippen molar-refractivity contribution in [2.75, 3.05) is 10.6 Å². The predicted molar refractivity (Wildman–Crippen MR) is 90.9 cm³/mol. The van der Waals surface area contributed by atoms with E-state index in [1.54, 1.807) is 36.5 Å². The highest BCUT2D eigenvalue weighted by atomic mass is 16.4. The summed E-state index contributed by atoms with van der Waals surface area (Å²) in [6.07, 6.45) is 3.80. The van der Waals surface area contributed by atoms with Crippen LogP contribution in [0.25, 0.3) is 0 Å². The third-order valence-corrected chi connectivity index (χ3v) is 3.34. The number of hydrogen-bond acceptors (Lipinski definition) is 5. The summed E-state index contributed by atoms with van der Waals surface area (Å²) < 4.78 is 0. The first-order valence-electron chi connectivity index (χ1n) is 7.77. The zero-order chi connectivity index (χ0) is 17.4. The van der Waals surface area contributed by atoms with Gasteiger partial charge in [0.2, 0.25) is 11.9 Å². The molecule has 24 heavy (non-hydrogen) atoms. The third-order valence-electron chi connectivity index (χ3n) is 3.34. The monoisotopic (exact) mass is 328 g/mol. The number of hydrogen-bond donors (Lipinski definition) is 3. The van der Waals surface area contributed by atoms with Crippen molar-refractivity contribution in [2.45, 2.75) is 32.7 Å². The van der Waals surface area contributed by atoms with Crippen LogP contribution in [-0.4, -0.2) is 27.0 Å². The van der Waals surface area contributed by atoms with Gasteiger partial charge in [-0.2, -0.15) is 4.98 Å². The number of carboxylic acids is 1. The van der Waals surface area contributed by atoms with Crippen LogP contribution >= 0.6 is 0 Å². The van der Waals surface area contributed by atoms with Gasteiger partial charge in [-0.15, -0.1) is 0 Å². The molecule has 126 valence electrons. The maximum absolute atomic E-state index is 11.7. The van der Waals surface area contributed by atoms with Gasteiger partial charge in [0.1, 0.15) is 5.82 Å². The van der Waals surface area contributed by atoms with Gasteiger partial charge in [-0.3, -0.25) is 10.1 Å². The Balaban J connectivity index is 1.91. The number of amides is 1. The Hall–Kier alpha value is -2.96. The van der Waals surface area contributed by atoms with Crippen LogP contribution in [0.4, 0.5) is 11.8 Å². The number of nitrogens with one attached hydrogen (secondary N) is 2. The molecule has 0 saturated heterocycles. The van der Waals surface area contributed by atoms with E-state index < -0.39 is 5.97 Å². The SMILES string of the molecule is CCCCC(=O)Nc1nccc(NCc2ccc(C(=O)O)cc2)n1. The molecule has 0 aliphatic carbocycles. The normalized spacial score (nSPS) is 10.2. The quantitative estimate of drug-likeness (QED) is 0.688. The molecule has 0 aliphatic heterocycles.